The summed E-state index contributed by atoms with van der Waals surface area (Å²) in [6, 6.07) is 7.88. The fraction of sp³-hybridized carbons (Fsp3) is 0.375. The molecule has 1 aromatic heterocycles. The van der Waals surface area contributed by atoms with Crippen LogP contribution in [-0.2, 0) is 13.1 Å². The molecule has 22 heavy (non-hydrogen) atoms. The van der Waals surface area contributed by atoms with Crippen molar-refractivity contribution in [2.45, 2.75) is 26.9 Å². The summed E-state index contributed by atoms with van der Waals surface area (Å²) >= 11 is 7.64. The molecule has 6 heteroatoms. The van der Waals surface area contributed by atoms with Crippen LogP contribution in [0.5, 0.6) is 0 Å². The molecule has 0 aliphatic carbocycles. The summed E-state index contributed by atoms with van der Waals surface area (Å²) in [5, 5.41) is 5.24. The van der Waals surface area contributed by atoms with Gasteiger partial charge >= 0.3 is 0 Å². The average molecular weight is 337 g/mol. The smallest absolute Gasteiger partial charge is 0.193 e. The highest BCUT2D eigenvalue weighted by Gasteiger charge is 2.09. The highest BCUT2D eigenvalue weighted by atomic mass is 35.5. The average Bonchev–Trinajstić information content (AvgIpc) is 2.80. The van der Waals surface area contributed by atoms with Crippen LogP contribution in [0.25, 0.3) is 0 Å². The number of hydrogen-bond acceptors (Lipinski definition) is 3. The van der Waals surface area contributed by atoms with Crippen LogP contribution in [0.15, 0.2) is 29.3 Å². The van der Waals surface area contributed by atoms with Crippen LogP contribution in [0, 0.1) is 13.8 Å². The van der Waals surface area contributed by atoms with Gasteiger partial charge in [0.15, 0.2) is 5.96 Å². The third kappa shape index (κ3) is 4.45. The first kappa shape index (κ1) is 16.8. The summed E-state index contributed by atoms with van der Waals surface area (Å²) in [6.45, 7) is 5.59. The van der Waals surface area contributed by atoms with Crippen LogP contribution in [0.3, 0.4) is 0 Å². The quantitative estimate of drug-likeness (QED) is 0.684. The van der Waals surface area contributed by atoms with E-state index >= 15 is 0 Å². The number of nitrogens with one attached hydrogen (secondary N) is 1. The van der Waals surface area contributed by atoms with E-state index < -0.39 is 0 Å². The molecule has 118 valence electrons. The summed E-state index contributed by atoms with van der Waals surface area (Å²) in [7, 11) is 3.82. The zero-order chi connectivity index (χ0) is 16.1. The lowest BCUT2D eigenvalue weighted by atomic mass is 10.2. The van der Waals surface area contributed by atoms with E-state index in [0.29, 0.717) is 0 Å². The van der Waals surface area contributed by atoms with Gasteiger partial charge in [-0.05, 0) is 31.5 Å². The lowest BCUT2D eigenvalue weighted by molar-refractivity contribution is 0.477. The van der Waals surface area contributed by atoms with E-state index in [9.17, 15) is 0 Å². The molecule has 4 nitrogen and oxygen atoms in total. The molecule has 1 heterocycles. The van der Waals surface area contributed by atoms with E-state index in [0.717, 1.165) is 34.8 Å². The predicted octanol–water partition coefficient (Wildman–Crippen LogP) is 3.62. The van der Waals surface area contributed by atoms with Crippen molar-refractivity contribution in [2.24, 2.45) is 4.99 Å². The molecule has 0 aliphatic rings. The van der Waals surface area contributed by atoms with E-state index in [-0.39, 0.29) is 0 Å². The summed E-state index contributed by atoms with van der Waals surface area (Å²) < 4.78 is 0. The first-order valence-corrected chi connectivity index (χ1v) is 8.28. The normalized spacial score (nSPS) is 11.6. The number of hydrogen-bond donors (Lipinski definition) is 1. The Balaban J connectivity index is 1.96. The Labute approximate surface area is 140 Å². The van der Waals surface area contributed by atoms with Gasteiger partial charge in [0.25, 0.3) is 0 Å². The van der Waals surface area contributed by atoms with Gasteiger partial charge in [-0.3, -0.25) is 4.99 Å². The van der Waals surface area contributed by atoms with Gasteiger partial charge in [-0.25, -0.2) is 4.98 Å². The molecule has 0 radical (unpaired) electrons. The predicted molar refractivity (Wildman–Crippen MR) is 94.7 cm³/mol. The first-order chi connectivity index (χ1) is 10.5. The second-order valence-electron chi connectivity index (χ2n) is 5.12. The van der Waals surface area contributed by atoms with Crippen LogP contribution in [0.2, 0.25) is 5.02 Å². The Kier molecular flexibility index (Phi) is 5.80. The van der Waals surface area contributed by atoms with Crippen molar-refractivity contribution in [3.63, 3.8) is 0 Å². The third-order valence-electron chi connectivity index (χ3n) is 3.31. The van der Waals surface area contributed by atoms with Crippen molar-refractivity contribution in [3.8, 4) is 0 Å². The third-order valence-corrected chi connectivity index (χ3v) is 4.64. The van der Waals surface area contributed by atoms with Gasteiger partial charge in [-0.1, -0.05) is 23.7 Å². The van der Waals surface area contributed by atoms with Crippen molar-refractivity contribution < 1.29 is 0 Å². The molecule has 0 saturated heterocycles. The van der Waals surface area contributed by atoms with Gasteiger partial charge in [-0.2, -0.15) is 0 Å². The molecule has 1 N–H and O–H groups in total. The number of aliphatic imine (C=N–C) groups is 1. The molecule has 2 aromatic rings. The van der Waals surface area contributed by atoms with Crippen LogP contribution in [0.1, 0.15) is 21.1 Å². The lowest BCUT2D eigenvalue weighted by Gasteiger charge is -2.22. The van der Waals surface area contributed by atoms with Gasteiger partial charge in [0.1, 0.15) is 0 Å². The Morgan fingerprint density at radius 1 is 1.32 bits per heavy atom. The second-order valence-corrected chi connectivity index (χ2v) is 6.85. The standard InChI is InChI=1S/C16H21ClN4S/c1-11-15(22-12(2)20-11)9-19-16(18-3)21(4)10-13-5-7-14(17)8-6-13/h5-8H,9-10H2,1-4H3,(H,18,19). The second kappa shape index (κ2) is 7.61. The highest BCUT2D eigenvalue weighted by Crippen LogP contribution is 2.17. The highest BCUT2D eigenvalue weighted by molar-refractivity contribution is 7.11. The Hall–Kier alpha value is -1.59. The summed E-state index contributed by atoms with van der Waals surface area (Å²) in [5.74, 6) is 0.861. The number of benzene rings is 1. The minimum atomic E-state index is 0.745. The largest absolute Gasteiger partial charge is 0.351 e. The summed E-state index contributed by atoms with van der Waals surface area (Å²) in [4.78, 5) is 12.1. The fourth-order valence-electron chi connectivity index (χ4n) is 2.22. The number of aryl methyl sites for hydroxylation is 2. The van der Waals surface area contributed by atoms with Gasteiger partial charge in [-0.15, -0.1) is 11.3 Å². The molecule has 0 spiro atoms. The maximum Gasteiger partial charge on any atom is 0.193 e. The van der Waals surface area contributed by atoms with E-state index in [1.807, 2.05) is 45.2 Å². The van der Waals surface area contributed by atoms with E-state index in [1.54, 1.807) is 18.4 Å². The molecule has 2 rings (SSSR count). The minimum Gasteiger partial charge on any atom is -0.351 e. The number of thiazole rings is 1. The molecular formula is C16H21ClN4S. The topological polar surface area (TPSA) is 40.5 Å². The summed E-state index contributed by atoms with van der Waals surface area (Å²) in [5.41, 5.74) is 2.28. The van der Waals surface area contributed by atoms with Crippen LogP contribution < -0.4 is 5.32 Å². The molecule has 0 atom stereocenters. The molecule has 0 bridgehead atoms. The van der Waals surface area contributed by atoms with Gasteiger partial charge < -0.3 is 10.2 Å². The van der Waals surface area contributed by atoms with Crippen LogP contribution >= 0.6 is 22.9 Å². The zero-order valence-corrected chi connectivity index (χ0v) is 14.9. The number of nitrogens with zero attached hydrogens (tertiary/aromatic N) is 3. The maximum atomic E-state index is 5.92. The molecule has 0 aliphatic heterocycles. The number of guanidine groups is 1. The number of halogens is 1. The van der Waals surface area contributed by atoms with Crippen LogP contribution in [0.4, 0.5) is 0 Å². The van der Waals surface area contributed by atoms with Crippen LogP contribution in [-0.4, -0.2) is 29.9 Å². The molecule has 0 unspecified atom stereocenters. The van der Waals surface area contributed by atoms with Crippen molar-refractivity contribution in [3.05, 3.63) is 50.4 Å². The Bertz CT molecular complexity index is 649. The molecular weight excluding hydrogens is 316 g/mol. The molecule has 1 aromatic carbocycles. The van der Waals surface area contributed by atoms with Gasteiger partial charge in [0.2, 0.25) is 0 Å². The molecule has 0 amide bonds. The van der Waals surface area contributed by atoms with Crippen molar-refractivity contribution in [1.29, 1.82) is 0 Å². The molecule has 0 fully saturated rings. The maximum absolute atomic E-state index is 5.92. The zero-order valence-electron chi connectivity index (χ0n) is 13.4. The SMILES string of the molecule is CN=C(NCc1sc(C)nc1C)N(C)Cc1ccc(Cl)cc1. The summed E-state index contributed by atoms with van der Waals surface area (Å²) in [6.07, 6.45) is 0. The van der Waals surface area contributed by atoms with Gasteiger partial charge in [0, 0.05) is 30.5 Å². The lowest BCUT2D eigenvalue weighted by Crippen LogP contribution is -2.38. The van der Waals surface area contributed by atoms with Crippen molar-refractivity contribution in [2.75, 3.05) is 14.1 Å². The Morgan fingerprint density at radius 3 is 2.55 bits per heavy atom. The van der Waals surface area contributed by atoms with E-state index in [2.05, 4.69) is 20.2 Å². The number of aromatic nitrogens is 1. The monoisotopic (exact) mass is 336 g/mol. The first-order valence-electron chi connectivity index (χ1n) is 7.08. The minimum absolute atomic E-state index is 0.745. The number of rotatable bonds is 4. The van der Waals surface area contributed by atoms with Gasteiger partial charge in [0.05, 0.1) is 17.2 Å². The van der Waals surface area contributed by atoms with E-state index in [4.69, 9.17) is 11.6 Å². The fourth-order valence-corrected chi connectivity index (χ4v) is 3.22. The van der Waals surface area contributed by atoms with Crippen molar-refractivity contribution >= 4 is 28.9 Å². The van der Waals surface area contributed by atoms with Crippen molar-refractivity contribution in [1.82, 2.24) is 15.2 Å². The Morgan fingerprint density at radius 2 is 2.00 bits per heavy atom. The van der Waals surface area contributed by atoms with E-state index in [1.165, 1.54) is 10.4 Å². The molecule has 0 saturated carbocycles.